The molecular formula is C22H33N3O4. The van der Waals surface area contributed by atoms with Crippen LogP contribution in [-0.4, -0.2) is 70.8 Å². The van der Waals surface area contributed by atoms with Crippen molar-refractivity contribution in [3.05, 3.63) is 29.3 Å². The van der Waals surface area contributed by atoms with Gasteiger partial charge in [-0.1, -0.05) is 6.07 Å². The van der Waals surface area contributed by atoms with Crippen molar-refractivity contribution in [1.29, 1.82) is 0 Å². The van der Waals surface area contributed by atoms with E-state index in [-0.39, 0.29) is 24.0 Å². The molecule has 1 aromatic carbocycles. The Morgan fingerprint density at radius 2 is 1.86 bits per heavy atom. The van der Waals surface area contributed by atoms with Gasteiger partial charge in [-0.3, -0.25) is 9.69 Å². The Hall–Kier alpha value is -2.12. The molecule has 0 radical (unpaired) electrons. The maximum absolute atomic E-state index is 12.8. The van der Waals surface area contributed by atoms with Crippen LogP contribution in [0.1, 0.15) is 43.7 Å². The number of benzene rings is 1. The highest BCUT2D eigenvalue weighted by Gasteiger charge is 2.29. The van der Waals surface area contributed by atoms with Crippen LogP contribution < -0.4 is 4.90 Å². The van der Waals surface area contributed by atoms with Gasteiger partial charge in [-0.05, 0) is 62.8 Å². The van der Waals surface area contributed by atoms with Crippen molar-refractivity contribution in [2.45, 2.75) is 58.2 Å². The molecule has 1 aromatic rings. The van der Waals surface area contributed by atoms with Crippen molar-refractivity contribution < 1.29 is 19.8 Å². The molecule has 1 aliphatic heterocycles. The predicted molar refractivity (Wildman–Crippen MR) is 112 cm³/mol. The van der Waals surface area contributed by atoms with Gasteiger partial charge in [-0.15, -0.1) is 0 Å². The second-order valence-corrected chi connectivity index (χ2v) is 8.57. The topological polar surface area (TPSA) is 84.3 Å². The Morgan fingerprint density at radius 1 is 1.17 bits per heavy atom. The molecule has 1 aliphatic carbocycles. The summed E-state index contributed by atoms with van der Waals surface area (Å²) in [7, 11) is 1.83. The molecule has 1 heterocycles. The number of anilines is 1. The zero-order valence-electron chi connectivity index (χ0n) is 17.7. The van der Waals surface area contributed by atoms with Gasteiger partial charge >= 0.3 is 6.09 Å². The summed E-state index contributed by atoms with van der Waals surface area (Å²) in [6, 6.07) is 6.11. The van der Waals surface area contributed by atoms with Crippen molar-refractivity contribution in [3.63, 3.8) is 0 Å². The largest absolute Gasteiger partial charge is 0.465 e. The van der Waals surface area contributed by atoms with Gasteiger partial charge in [-0.25, -0.2) is 4.79 Å². The molecule has 3 rings (SSSR count). The van der Waals surface area contributed by atoms with E-state index in [1.807, 2.05) is 20.0 Å². The number of amides is 2. The van der Waals surface area contributed by atoms with Gasteiger partial charge in [0.2, 0.25) is 5.91 Å². The van der Waals surface area contributed by atoms with Crippen LogP contribution in [0.5, 0.6) is 0 Å². The molecule has 7 heteroatoms. The molecule has 2 aliphatic rings. The first-order chi connectivity index (χ1) is 13.8. The van der Waals surface area contributed by atoms with Gasteiger partial charge in [0.25, 0.3) is 0 Å². The van der Waals surface area contributed by atoms with E-state index in [4.69, 9.17) is 0 Å². The molecule has 1 atom stereocenters. The Labute approximate surface area is 172 Å². The van der Waals surface area contributed by atoms with E-state index in [2.05, 4.69) is 24.0 Å². The Balaban J connectivity index is 1.61. The molecule has 0 unspecified atom stereocenters. The van der Waals surface area contributed by atoms with Crippen LogP contribution in [0.2, 0.25) is 0 Å². The van der Waals surface area contributed by atoms with Gasteiger partial charge in [-0.2, -0.15) is 0 Å². The molecule has 7 nitrogen and oxygen atoms in total. The zero-order valence-corrected chi connectivity index (χ0v) is 17.7. The van der Waals surface area contributed by atoms with Crippen molar-refractivity contribution in [2.75, 3.05) is 31.6 Å². The standard InChI is InChI=1S/C22H33N3O4/c1-15-12-19(23(3)21(27)17-5-8-20(26)9-6-17)7-4-18(15)14-24-10-11-25(22(28)29)16(2)13-24/h4,7,12,16-17,20,26H,5-6,8-11,13-14H2,1-3H3,(H,28,29)/t16-,17-,20+/m0/s1. The zero-order chi connectivity index (χ0) is 21.1. The molecule has 2 fully saturated rings. The molecule has 2 N–H and O–H groups in total. The highest BCUT2D eigenvalue weighted by atomic mass is 16.4. The van der Waals surface area contributed by atoms with Crippen LogP contribution >= 0.6 is 0 Å². The minimum Gasteiger partial charge on any atom is -0.465 e. The summed E-state index contributed by atoms with van der Waals surface area (Å²) in [5.74, 6) is 0.123. The third-order valence-electron chi connectivity index (χ3n) is 6.44. The molecule has 2 amide bonds. The monoisotopic (exact) mass is 403 g/mol. The number of aliphatic hydroxyl groups is 1. The second-order valence-electron chi connectivity index (χ2n) is 8.57. The number of nitrogens with zero attached hydrogens (tertiary/aromatic N) is 3. The summed E-state index contributed by atoms with van der Waals surface area (Å²) in [5.41, 5.74) is 3.23. The second kappa shape index (κ2) is 9.13. The van der Waals surface area contributed by atoms with E-state index in [9.17, 15) is 19.8 Å². The van der Waals surface area contributed by atoms with E-state index in [1.165, 1.54) is 10.5 Å². The first-order valence-electron chi connectivity index (χ1n) is 10.5. The number of rotatable bonds is 4. The number of piperazine rings is 1. The summed E-state index contributed by atoms with van der Waals surface area (Å²) in [4.78, 5) is 29.6. The first-order valence-corrected chi connectivity index (χ1v) is 10.5. The number of hydrogen-bond acceptors (Lipinski definition) is 4. The predicted octanol–water partition coefficient (Wildman–Crippen LogP) is 2.69. The molecule has 160 valence electrons. The number of hydrogen-bond donors (Lipinski definition) is 2. The average Bonchev–Trinajstić information content (AvgIpc) is 2.69. The van der Waals surface area contributed by atoms with E-state index in [0.717, 1.165) is 43.7 Å². The van der Waals surface area contributed by atoms with E-state index >= 15 is 0 Å². The van der Waals surface area contributed by atoms with Crippen LogP contribution in [0.25, 0.3) is 0 Å². The molecular weight excluding hydrogens is 370 g/mol. The summed E-state index contributed by atoms with van der Waals surface area (Å²) in [6.07, 6.45) is 1.80. The van der Waals surface area contributed by atoms with Gasteiger partial charge in [0.1, 0.15) is 0 Å². The van der Waals surface area contributed by atoms with Gasteiger partial charge in [0.15, 0.2) is 0 Å². The first kappa shape index (κ1) is 21.6. The normalized spacial score (nSPS) is 25.7. The molecule has 1 saturated heterocycles. The lowest BCUT2D eigenvalue weighted by molar-refractivity contribution is -0.123. The molecule has 0 spiro atoms. The minimum absolute atomic E-state index is 0.00426. The maximum Gasteiger partial charge on any atom is 0.407 e. The number of carbonyl (C=O) groups excluding carboxylic acids is 1. The van der Waals surface area contributed by atoms with Gasteiger partial charge in [0.05, 0.1) is 6.10 Å². The van der Waals surface area contributed by atoms with Crippen molar-refractivity contribution in [2.24, 2.45) is 5.92 Å². The van der Waals surface area contributed by atoms with Gasteiger partial charge < -0.3 is 20.0 Å². The molecule has 0 aromatic heterocycles. The lowest BCUT2D eigenvalue weighted by Crippen LogP contribution is -2.53. The number of aryl methyl sites for hydroxylation is 1. The Morgan fingerprint density at radius 3 is 2.45 bits per heavy atom. The average molecular weight is 404 g/mol. The lowest BCUT2D eigenvalue weighted by atomic mass is 9.86. The molecule has 0 bridgehead atoms. The van der Waals surface area contributed by atoms with E-state index in [1.54, 1.807) is 4.90 Å². The van der Waals surface area contributed by atoms with Crippen LogP contribution in [0.3, 0.4) is 0 Å². The fraction of sp³-hybridized carbons (Fsp3) is 0.636. The highest BCUT2D eigenvalue weighted by molar-refractivity contribution is 5.94. The minimum atomic E-state index is -0.849. The lowest BCUT2D eigenvalue weighted by Gasteiger charge is -2.38. The number of carbonyl (C=O) groups is 2. The summed E-state index contributed by atoms with van der Waals surface area (Å²) >= 11 is 0. The number of carboxylic acid groups (broad SMARTS) is 1. The van der Waals surface area contributed by atoms with Crippen molar-refractivity contribution in [3.8, 4) is 0 Å². The van der Waals surface area contributed by atoms with E-state index < -0.39 is 6.09 Å². The molecule has 29 heavy (non-hydrogen) atoms. The highest BCUT2D eigenvalue weighted by Crippen LogP contribution is 2.28. The van der Waals surface area contributed by atoms with Crippen molar-refractivity contribution >= 4 is 17.7 Å². The Kier molecular flexibility index (Phi) is 6.80. The summed E-state index contributed by atoms with van der Waals surface area (Å²) in [5, 5.41) is 18.9. The van der Waals surface area contributed by atoms with E-state index in [0.29, 0.717) is 19.4 Å². The third-order valence-corrected chi connectivity index (χ3v) is 6.44. The third kappa shape index (κ3) is 5.08. The fourth-order valence-corrected chi connectivity index (χ4v) is 4.49. The summed E-state index contributed by atoms with van der Waals surface area (Å²) < 4.78 is 0. The SMILES string of the molecule is Cc1cc(N(C)C(=O)[C@H]2CC[C@@H](O)CC2)ccc1CN1CCN(C(=O)O)[C@@H](C)C1. The van der Waals surface area contributed by atoms with Crippen molar-refractivity contribution in [1.82, 2.24) is 9.80 Å². The van der Waals surface area contributed by atoms with Crippen LogP contribution in [0.15, 0.2) is 18.2 Å². The molecule has 1 saturated carbocycles. The Bertz CT molecular complexity index is 746. The van der Waals surface area contributed by atoms with Crippen LogP contribution in [-0.2, 0) is 11.3 Å². The fourth-order valence-electron chi connectivity index (χ4n) is 4.49. The summed E-state index contributed by atoms with van der Waals surface area (Å²) in [6.45, 7) is 6.76. The quantitative estimate of drug-likeness (QED) is 0.808. The number of aliphatic hydroxyl groups excluding tert-OH is 1. The van der Waals surface area contributed by atoms with Crippen LogP contribution in [0.4, 0.5) is 10.5 Å². The maximum atomic E-state index is 12.8. The van der Waals surface area contributed by atoms with Gasteiger partial charge in [0, 0.05) is 50.9 Å². The van der Waals surface area contributed by atoms with Crippen LogP contribution in [0, 0.1) is 12.8 Å². The smallest absolute Gasteiger partial charge is 0.407 e.